The minimum Gasteiger partial charge on any atom is -0.353 e. The molecule has 0 aromatic carbocycles. The van der Waals surface area contributed by atoms with Gasteiger partial charge in [-0.2, -0.15) is 0 Å². The lowest BCUT2D eigenvalue weighted by Gasteiger charge is -2.41. The van der Waals surface area contributed by atoms with Crippen molar-refractivity contribution in [3.63, 3.8) is 0 Å². The van der Waals surface area contributed by atoms with Crippen molar-refractivity contribution in [2.45, 2.75) is 65.3 Å². The average Bonchev–Trinajstić information content (AvgIpc) is 2.68. The Bertz CT molecular complexity index is 637. The molecule has 0 bridgehead atoms. The molecule has 2 saturated heterocycles. The van der Waals surface area contributed by atoms with Crippen LogP contribution in [0.4, 0.5) is 5.82 Å². The number of aromatic nitrogens is 2. The average molecular weight is 374 g/mol. The summed E-state index contributed by atoms with van der Waals surface area (Å²) in [4.78, 5) is 29.2. The fourth-order valence-corrected chi connectivity index (χ4v) is 4.19. The summed E-state index contributed by atoms with van der Waals surface area (Å²) in [6.45, 7) is 13.9. The number of carbonyl (C=O) groups excluding carboxylic acids is 1. The van der Waals surface area contributed by atoms with Gasteiger partial charge in [-0.05, 0) is 39.3 Å². The van der Waals surface area contributed by atoms with Gasteiger partial charge in [0, 0.05) is 43.9 Å². The normalized spacial score (nSPS) is 21.7. The highest BCUT2D eigenvalue weighted by molar-refractivity contribution is 5.82. The second-order valence-electron chi connectivity index (χ2n) is 8.24. The number of aryl methyl sites for hydroxylation is 1. The quantitative estimate of drug-likeness (QED) is 0.794. The van der Waals surface area contributed by atoms with Gasteiger partial charge in [0.05, 0.1) is 6.04 Å². The topological polar surface area (TPSA) is 52.6 Å². The van der Waals surface area contributed by atoms with E-state index in [-0.39, 0.29) is 6.04 Å². The Hall–Kier alpha value is -1.69. The van der Waals surface area contributed by atoms with E-state index in [1.165, 1.54) is 12.8 Å². The van der Waals surface area contributed by atoms with Gasteiger partial charge in [-0.15, -0.1) is 0 Å². The first kappa shape index (κ1) is 20.1. The Morgan fingerprint density at radius 1 is 1.15 bits per heavy atom. The van der Waals surface area contributed by atoms with Crippen molar-refractivity contribution in [3.8, 4) is 0 Å². The van der Waals surface area contributed by atoms with Gasteiger partial charge in [0.1, 0.15) is 11.6 Å². The van der Waals surface area contributed by atoms with E-state index in [9.17, 15) is 4.79 Å². The third kappa shape index (κ3) is 4.78. The summed E-state index contributed by atoms with van der Waals surface area (Å²) in [7, 11) is 0. The molecular weight excluding hydrogens is 338 g/mol. The standard InChI is InChI=1S/C21H35N5O/c1-5-9-24-10-7-6-8-18(24)21(27)26-13-11-25(12-14-26)19-15-17(4)22-20(23-19)16(2)3/h15-16,18H,5-14H2,1-4H3. The minimum atomic E-state index is 0.0964. The zero-order valence-corrected chi connectivity index (χ0v) is 17.4. The Labute approximate surface area is 164 Å². The highest BCUT2D eigenvalue weighted by Gasteiger charge is 2.33. The van der Waals surface area contributed by atoms with Gasteiger partial charge < -0.3 is 9.80 Å². The van der Waals surface area contributed by atoms with Crippen LogP contribution in [0.1, 0.15) is 63.9 Å². The molecule has 2 aliphatic rings. The van der Waals surface area contributed by atoms with Gasteiger partial charge in [-0.1, -0.05) is 27.2 Å². The van der Waals surface area contributed by atoms with E-state index in [1.807, 2.05) is 6.92 Å². The Morgan fingerprint density at radius 3 is 2.56 bits per heavy atom. The lowest BCUT2D eigenvalue weighted by Crippen LogP contribution is -2.56. The number of likely N-dealkylation sites (tertiary alicyclic amines) is 1. The number of piperazine rings is 1. The van der Waals surface area contributed by atoms with Gasteiger partial charge >= 0.3 is 0 Å². The summed E-state index contributed by atoms with van der Waals surface area (Å²) in [6, 6.07) is 2.16. The molecule has 0 spiro atoms. The monoisotopic (exact) mass is 373 g/mol. The molecule has 1 unspecified atom stereocenters. The third-order valence-electron chi connectivity index (χ3n) is 5.70. The number of piperidine rings is 1. The first-order valence-electron chi connectivity index (χ1n) is 10.6. The molecule has 27 heavy (non-hydrogen) atoms. The van der Waals surface area contributed by atoms with Gasteiger partial charge in [-0.3, -0.25) is 9.69 Å². The van der Waals surface area contributed by atoms with Crippen LogP contribution in [0.5, 0.6) is 0 Å². The van der Waals surface area contributed by atoms with Crippen LogP contribution in [0, 0.1) is 6.92 Å². The predicted molar refractivity (Wildman–Crippen MR) is 109 cm³/mol. The lowest BCUT2D eigenvalue weighted by atomic mass is 10.00. The second kappa shape index (κ2) is 9.00. The molecular formula is C21H35N5O. The van der Waals surface area contributed by atoms with Crippen molar-refractivity contribution in [2.75, 3.05) is 44.2 Å². The molecule has 1 aromatic heterocycles. The van der Waals surface area contributed by atoms with E-state index < -0.39 is 0 Å². The SMILES string of the molecule is CCCN1CCCCC1C(=O)N1CCN(c2cc(C)nc(C(C)C)n2)CC1. The smallest absolute Gasteiger partial charge is 0.240 e. The van der Waals surface area contributed by atoms with Crippen LogP contribution >= 0.6 is 0 Å². The first-order valence-corrected chi connectivity index (χ1v) is 10.6. The van der Waals surface area contributed by atoms with Crippen LogP contribution in [-0.4, -0.2) is 71.0 Å². The van der Waals surface area contributed by atoms with Gasteiger partial charge in [0.2, 0.25) is 5.91 Å². The molecule has 2 aliphatic heterocycles. The minimum absolute atomic E-state index is 0.0964. The molecule has 150 valence electrons. The van der Waals surface area contributed by atoms with Crippen LogP contribution in [0.2, 0.25) is 0 Å². The second-order valence-corrected chi connectivity index (χ2v) is 8.24. The summed E-state index contributed by atoms with van der Waals surface area (Å²) >= 11 is 0. The summed E-state index contributed by atoms with van der Waals surface area (Å²) in [5, 5.41) is 0. The number of hydrogen-bond donors (Lipinski definition) is 0. The highest BCUT2D eigenvalue weighted by atomic mass is 16.2. The van der Waals surface area contributed by atoms with Gasteiger partial charge in [-0.25, -0.2) is 9.97 Å². The van der Waals surface area contributed by atoms with Crippen LogP contribution in [0.15, 0.2) is 6.07 Å². The lowest BCUT2D eigenvalue weighted by molar-refractivity contribution is -0.138. The molecule has 0 radical (unpaired) electrons. The largest absolute Gasteiger partial charge is 0.353 e. The Morgan fingerprint density at radius 2 is 1.89 bits per heavy atom. The van der Waals surface area contributed by atoms with E-state index in [4.69, 9.17) is 4.98 Å². The summed E-state index contributed by atoms with van der Waals surface area (Å²) in [5.41, 5.74) is 1.01. The number of rotatable bonds is 5. The molecule has 6 nitrogen and oxygen atoms in total. The number of hydrogen-bond acceptors (Lipinski definition) is 5. The van der Waals surface area contributed by atoms with E-state index in [0.29, 0.717) is 11.8 Å². The van der Waals surface area contributed by atoms with Crippen molar-refractivity contribution in [2.24, 2.45) is 0 Å². The van der Waals surface area contributed by atoms with Gasteiger partial charge in [0.25, 0.3) is 0 Å². The molecule has 1 atom stereocenters. The van der Waals surface area contributed by atoms with E-state index in [0.717, 1.165) is 69.4 Å². The summed E-state index contributed by atoms with van der Waals surface area (Å²) in [5.74, 6) is 2.57. The Balaban J connectivity index is 1.62. The van der Waals surface area contributed by atoms with Crippen LogP contribution in [-0.2, 0) is 4.79 Å². The number of anilines is 1. The molecule has 3 rings (SSSR count). The van der Waals surface area contributed by atoms with E-state index >= 15 is 0 Å². The number of amides is 1. The molecule has 0 saturated carbocycles. The van der Waals surface area contributed by atoms with Crippen molar-refractivity contribution < 1.29 is 4.79 Å². The van der Waals surface area contributed by atoms with Crippen molar-refractivity contribution in [1.82, 2.24) is 19.8 Å². The summed E-state index contributed by atoms with van der Waals surface area (Å²) in [6.07, 6.45) is 4.53. The molecule has 0 N–H and O–H groups in total. The van der Waals surface area contributed by atoms with Crippen LogP contribution in [0.25, 0.3) is 0 Å². The predicted octanol–water partition coefficient (Wildman–Crippen LogP) is 2.82. The molecule has 3 heterocycles. The van der Waals surface area contributed by atoms with Crippen molar-refractivity contribution in [3.05, 3.63) is 17.6 Å². The third-order valence-corrected chi connectivity index (χ3v) is 5.70. The fourth-order valence-electron chi connectivity index (χ4n) is 4.19. The highest BCUT2D eigenvalue weighted by Crippen LogP contribution is 2.22. The van der Waals surface area contributed by atoms with Gasteiger partial charge in [0.15, 0.2) is 0 Å². The maximum atomic E-state index is 13.1. The zero-order valence-electron chi connectivity index (χ0n) is 17.4. The first-order chi connectivity index (χ1) is 13.0. The van der Waals surface area contributed by atoms with E-state index in [1.54, 1.807) is 0 Å². The maximum absolute atomic E-state index is 13.1. The molecule has 1 amide bonds. The molecule has 6 heteroatoms. The number of nitrogens with zero attached hydrogens (tertiary/aromatic N) is 5. The molecule has 2 fully saturated rings. The number of carbonyl (C=O) groups is 1. The Kier molecular flexibility index (Phi) is 6.68. The molecule has 0 aliphatic carbocycles. The maximum Gasteiger partial charge on any atom is 0.240 e. The van der Waals surface area contributed by atoms with Crippen molar-refractivity contribution >= 4 is 11.7 Å². The van der Waals surface area contributed by atoms with E-state index in [2.05, 4.69) is 46.5 Å². The molecule has 1 aromatic rings. The van der Waals surface area contributed by atoms with Crippen LogP contribution < -0.4 is 4.90 Å². The zero-order chi connectivity index (χ0) is 19.4. The van der Waals surface area contributed by atoms with Crippen molar-refractivity contribution in [1.29, 1.82) is 0 Å². The fraction of sp³-hybridized carbons (Fsp3) is 0.762. The summed E-state index contributed by atoms with van der Waals surface area (Å²) < 4.78 is 0. The van der Waals surface area contributed by atoms with Crippen LogP contribution in [0.3, 0.4) is 0 Å².